The van der Waals surface area contributed by atoms with Crippen LogP contribution in [0.15, 0.2) is 43.7 Å². The number of nitrogens with zero attached hydrogens (tertiary/aromatic N) is 2. The summed E-state index contributed by atoms with van der Waals surface area (Å²) in [6, 6.07) is 2.10. The molecule has 2 aromatic heterocycles. The highest BCUT2D eigenvalue weighted by Gasteiger charge is 2.54. The van der Waals surface area contributed by atoms with Gasteiger partial charge >= 0.3 is 19.1 Å². The monoisotopic (exact) mass is 663 g/mol. The van der Waals surface area contributed by atoms with Crippen molar-refractivity contribution in [1.82, 2.24) is 24.2 Å². The van der Waals surface area contributed by atoms with Crippen LogP contribution in [0.3, 0.4) is 0 Å². The minimum Gasteiger partial charge on any atom is -0.407 e. The summed E-state index contributed by atoms with van der Waals surface area (Å²) in [5.74, 6) is 0. The summed E-state index contributed by atoms with van der Waals surface area (Å²) in [6.07, 6.45) is -8.85. The van der Waals surface area contributed by atoms with Crippen LogP contribution in [0.5, 0.6) is 0 Å². The molecule has 2 aliphatic rings. The van der Waals surface area contributed by atoms with Crippen molar-refractivity contribution in [2.75, 3.05) is 13.2 Å². The van der Waals surface area contributed by atoms with Gasteiger partial charge in [0.15, 0.2) is 20.8 Å². The SMILES string of the molecule is CC(C)(C)[Si](C)(C)O[C@@H]1[C@H](OP(=O)(O)NC[C@H]2O[C@@H](n3ccc(=O)[nH]c3=O)[C@H](O)[C@@H]2O)[C@@H](CO)O[C@H]1n1ccc(=O)[nH]c1=O. The number of aliphatic hydroxyl groups excluding tert-OH is 3. The number of rotatable bonds is 10. The first-order chi connectivity index (χ1) is 20.3. The largest absolute Gasteiger partial charge is 0.407 e. The summed E-state index contributed by atoms with van der Waals surface area (Å²) in [7, 11) is -7.51. The minimum atomic E-state index is -4.82. The second kappa shape index (κ2) is 12.7. The Morgan fingerprint density at radius 1 is 0.932 bits per heavy atom. The fraction of sp³-hybridized carbons (Fsp3) is 0.667. The van der Waals surface area contributed by atoms with Gasteiger partial charge in [-0.25, -0.2) is 19.2 Å². The van der Waals surface area contributed by atoms with E-state index >= 15 is 0 Å². The first-order valence-electron chi connectivity index (χ1n) is 13.7. The Balaban J connectivity index is 1.56. The van der Waals surface area contributed by atoms with Crippen molar-refractivity contribution >= 4 is 16.1 Å². The fourth-order valence-electron chi connectivity index (χ4n) is 4.64. The van der Waals surface area contributed by atoms with Crippen LogP contribution in [0.4, 0.5) is 0 Å². The highest BCUT2D eigenvalue weighted by atomic mass is 31.2. The molecule has 0 aromatic carbocycles. The van der Waals surface area contributed by atoms with Crippen LogP contribution in [0.2, 0.25) is 18.1 Å². The van der Waals surface area contributed by atoms with Gasteiger partial charge < -0.3 is 34.1 Å². The van der Waals surface area contributed by atoms with Gasteiger partial charge in [-0.2, -0.15) is 0 Å². The number of ether oxygens (including phenoxy) is 2. The number of nitrogens with one attached hydrogen (secondary N) is 3. The average Bonchev–Trinajstić information content (AvgIpc) is 3.37. The molecule has 4 rings (SSSR count). The predicted molar refractivity (Wildman–Crippen MR) is 154 cm³/mol. The lowest BCUT2D eigenvalue weighted by atomic mass is 10.1. The quantitative estimate of drug-likeness (QED) is 0.108. The third-order valence-corrected chi connectivity index (χ3v) is 13.6. The van der Waals surface area contributed by atoms with E-state index in [1.165, 1.54) is 6.20 Å². The summed E-state index contributed by atoms with van der Waals surface area (Å²) in [5.41, 5.74) is -3.08. The smallest absolute Gasteiger partial charge is 0.403 e. The van der Waals surface area contributed by atoms with E-state index in [4.69, 9.17) is 18.4 Å². The number of aromatic nitrogens is 4. The Morgan fingerprint density at radius 2 is 1.45 bits per heavy atom. The van der Waals surface area contributed by atoms with E-state index in [1.807, 2.05) is 38.8 Å². The molecule has 2 fully saturated rings. The van der Waals surface area contributed by atoms with Crippen molar-refractivity contribution in [2.24, 2.45) is 0 Å². The van der Waals surface area contributed by atoms with Gasteiger partial charge in [0.2, 0.25) is 0 Å². The molecule has 0 radical (unpaired) electrons. The summed E-state index contributed by atoms with van der Waals surface area (Å²) >= 11 is 0. The highest BCUT2D eigenvalue weighted by Crippen LogP contribution is 2.47. The van der Waals surface area contributed by atoms with E-state index in [-0.39, 0.29) is 5.04 Å². The molecule has 18 nitrogen and oxygen atoms in total. The van der Waals surface area contributed by atoms with Crippen LogP contribution < -0.4 is 27.6 Å². The van der Waals surface area contributed by atoms with E-state index in [1.54, 1.807) is 0 Å². The van der Waals surface area contributed by atoms with Crippen LogP contribution in [0.1, 0.15) is 33.2 Å². The summed E-state index contributed by atoms with van der Waals surface area (Å²) < 4.78 is 38.7. The molecule has 0 aliphatic carbocycles. The van der Waals surface area contributed by atoms with Gasteiger partial charge in [0.25, 0.3) is 11.1 Å². The molecular formula is C24H38N5O13PSi. The minimum absolute atomic E-state index is 0.364. The van der Waals surface area contributed by atoms with E-state index < -0.39 is 101 Å². The summed E-state index contributed by atoms with van der Waals surface area (Å²) in [4.78, 5) is 62.8. The van der Waals surface area contributed by atoms with Gasteiger partial charge in [-0.3, -0.25) is 33.2 Å². The Hall–Kier alpha value is -2.55. The molecular weight excluding hydrogens is 625 g/mol. The highest BCUT2D eigenvalue weighted by molar-refractivity contribution is 7.50. The number of hydrogen-bond donors (Lipinski definition) is 7. The van der Waals surface area contributed by atoms with E-state index in [9.17, 15) is 44.0 Å². The Morgan fingerprint density at radius 3 is 1.95 bits per heavy atom. The van der Waals surface area contributed by atoms with Gasteiger partial charge in [0.05, 0.1) is 6.61 Å². The van der Waals surface area contributed by atoms with Crippen molar-refractivity contribution < 1.29 is 43.2 Å². The molecule has 0 saturated carbocycles. The second-order valence-electron chi connectivity index (χ2n) is 12.1. The number of H-pyrrole nitrogens is 2. The lowest BCUT2D eigenvalue weighted by Gasteiger charge is -2.40. The van der Waals surface area contributed by atoms with Gasteiger partial charge in [-0.1, -0.05) is 20.8 Å². The Kier molecular flexibility index (Phi) is 9.89. The fourth-order valence-corrected chi connectivity index (χ4v) is 6.99. The lowest BCUT2D eigenvalue weighted by molar-refractivity contribution is -0.0530. The number of hydrogen-bond acceptors (Lipinski definition) is 12. The zero-order valence-electron chi connectivity index (χ0n) is 24.6. The molecule has 7 N–H and O–H groups in total. The van der Waals surface area contributed by atoms with Crippen molar-refractivity contribution in [3.63, 3.8) is 0 Å². The molecule has 2 aromatic rings. The molecule has 2 aliphatic heterocycles. The second-order valence-corrected chi connectivity index (χ2v) is 18.4. The van der Waals surface area contributed by atoms with Crippen LogP contribution in [0.25, 0.3) is 0 Å². The van der Waals surface area contributed by atoms with Crippen LogP contribution in [-0.4, -0.2) is 97.4 Å². The molecule has 0 spiro atoms. The molecule has 246 valence electrons. The topological polar surface area (TPSA) is 257 Å². The summed E-state index contributed by atoms with van der Waals surface area (Å²) in [5, 5.41) is 33.0. The number of aromatic amines is 2. The van der Waals surface area contributed by atoms with E-state index in [0.29, 0.717) is 0 Å². The number of aliphatic hydroxyl groups is 3. The third kappa shape index (κ3) is 7.13. The third-order valence-electron chi connectivity index (χ3n) is 8.05. The summed E-state index contributed by atoms with van der Waals surface area (Å²) in [6.45, 7) is 8.40. The zero-order valence-corrected chi connectivity index (χ0v) is 26.5. The zero-order chi connectivity index (χ0) is 32.8. The van der Waals surface area contributed by atoms with Gasteiger partial charge in [-0.15, -0.1) is 0 Å². The van der Waals surface area contributed by atoms with Crippen molar-refractivity contribution in [1.29, 1.82) is 0 Å². The average molecular weight is 664 g/mol. The van der Waals surface area contributed by atoms with Crippen LogP contribution in [0, 0.1) is 0 Å². The molecule has 0 bridgehead atoms. The molecule has 0 amide bonds. The molecule has 44 heavy (non-hydrogen) atoms. The van der Waals surface area contributed by atoms with Gasteiger partial charge in [-0.05, 0) is 18.1 Å². The van der Waals surface area contributed by atoms with Crippen molar-refractivity contribution in [3.05, 3.63) is 66.2 Å². The molecule has 9 atom stereocenters. The van der Waals surface area contributed by atoms with E-state index in [0.717, 1.165) is 27.5 Å². The van der Waals surface area contributed by atoms with Crippen molar-refractivity contribution in [2.45, 2.75) is 88.0 Å². The maximum Gasteiger partial charge on any atom is 0.403 e. The normalized spacial score (nSPS) is 30.8. The van der Waals surface area contributed by atoms with Crippen LogP contribution >= 0.6 is 7.75 Å². The molecule has 1 unspecified atom stereocenters. The lowest BCUT2D eigenvalue weighted by Crippen LogP contribution is -2.50. The molecule has 4 heterocycles. The molecule has 2 saturated heterocycles. The first kappa shape index (κ1) is 34.3. The maximum absolute atomic E-state index is 13.3. The first-order valence-corrected chi connectivity index (χ1v) is 18.2. The van der Waals surface area contributed by atoms with Gasteiger partial charge in [0, 0.05) is 31.1 Å². The van der Waals surface area contributed by atoms with Crippen LogP contribution in [-0.2, 0) is 23.0 Å². The predicted octanol–water partition coefficient (Wildman–Crippen LogP) is -1.94. The molecule has 20 heteroatoms. The van der Waals surface area contributed by atoms with Crippen molar-refractivity contribution in [3.8, 4) is 0 Å². The Labute approximate surface area is 250 Å². The Bertz CT molecular complexity index is 1620. The standard InChI is InChI=1S/C24H38N5O13PSi/c1-24(2,3)44(4,5)42-19-18(13(11-30)40-21(19)29-9-7-15(32)27-23(29)36)41-43(37,38)25-10-12-16(33)17(34)20(39-12)28-8-6-14(31)26-22(28)35/h6-9,12-13,16-21,30,33-34H,10-11H2,1-5H3,(H2,25,37,38)(H,26,31,35)(H,27,32,36)/t12-,13-,16-,17-,18-,19-,20-,21-/m1/s1. The van der Waals surface area contributed by atoms with E-state index in [2.05, 4.69) is 10.1 Å². The van der Waals surface area contributed by atoms with Gasteiger partial charge in [0.1, 0.15) is 36.6 Å². The maximum atomic E-state index is 13.3.